The average Bonchev–Trinajstić information content (AvgIpc) is 2.67. The van der Waals surface area contributed by atoms with Crippen LogP contribution in [0.2, 0.25) is 0 Å². The number of anilines is 1. The fourth-order valence-corrected chi connectivity index (χ4v) is 1.99. The van der Waals surface area contributed by atoms with E-state index in [1.54, 1.807) is 17.7 Å². The number of nitrogens with two attached hydrogens (primary N) is 1. The molecule has 0 aliphatic rings. The monoisotopic (exact) mass is 241 g/mol. The highest BCUT2D eigenvalue weighted by Gasteiger charge is 2.14. The van der Waals surface area contributed by atoms with E-state index in [0.29, 0.717) is 23.8 Å². The Morgan fingerprint density at radius 1 is 1.39 bits per heavy atom. The summed E-state index contributed by atoms with van der Waals surface area (Å²) in [5, 5.41) is 9.12. The van der Waals surface area contributed by atoms with Crippen molar-refractivity contribution in [3.8, 4) is 11.9 Å². The van der Waals surface area contributed by atoms with Gasteiger partial charge in [-0.1, -0.05) is 24.3 Å². The third-order valence-electron chi connectivity index (χ3n) is 2.97. The van der Waals surface area contributed by atoms with Crippen molar-refractivity contribution in [2.75, 3.05) is 12.8 Å². The first-order valence-electron chi connectivity index (χ1n) is 5.65. The number of hydrogen-bond acceptors (Lipinski definition) is 3. The lowest BCUT2D eigenvalue weighted by Crippen LogP contribution is -2.06. The van der Waals surface area contributed by atoms with E-state index in [1.165, 1.54) is 5.56 Å². The van der Waals surface area contributed by atoms with Crippen LogP contribution >= 0.6 is 0 Å². The van der Waals surface area contributed by atoms with Gasteiger partial charge in [0, 0.05) is 6.07 Å². The third-order valence-corrected chi connectivity index (χ3v) is 2.97. The molecule has 4 heteroatoms. The molecule has 2 rings (SSSR count). The van der Waals surface area contributed by atoms with Crippen molar-refractivity contribution in [3.63, 3.8) is 0 Å². The zero-order valence-corrected chi connectivity index (χ0v) is 10.5. The Morgan fingerprint density at radius 3 is 2.72 bits per heavy atom. The lowest BCUT2D eigenvalue weighted by atomic mass is 10.1. The number of benzene rings is 1. The van der Waals surface area contributed by atoms with Gasteiger partial charge in [-0.25, -0.2) is 0 Å². The molecule has 1 heterocycles. The maximum Gasteiger partial charge on any atom is 0.218 e. The largest absolute Gasteiger partial charge is 0.481 e. The van der Waals surface area contributed by atoms with E-state index >= 15 is 0 Å². The Balaban J connectivity index is 2.46. The smallest absolute Gasteiger partial charge is 0.218 e. The van der Waals surface area contributed by atoms with E-state index in [-0.39, 0.29) is 0 Å². The summed E-state index contributed by atoms with van der Waals surface area (Å²) in [7, 11) is 1.56. The Morgan fingerprint density at radius 2 is 2.11 bits per heavy atom. The van der Waals surface area contributed by atoms with Crippen molar-refractivity contribution in [2.24, 2.45) is 0 Å². The molecule has 2 N–H and O–H groups in total. The Labute approximate surface area is 106 Å². The van der Waals surface area contributed by atoms with E-state index < -0.39 is 0 Å². The van der Waals surface area contributed by atoms with Crippen LogP contribution in [0.3, 0.4) is 0 Å². The fourth-order valence-electron chi connectivity index (χ4n) is 1.99. The molecule has 0 unspecified atom stereocenters. The van der Waals surface area contributed by atoms with Gasteiger partial charge in [0.25, 0.3) is 0 Å². The third kappa shape index (κ3) is 2.03. The number of nitrogen functional groups attached to an aromatic ring is 1. The van der Waals surface area contributed by atoms with Crippen molar-refractivity contribution in [1.29, 1.82) is 5.26 Å². The van der Waals surface area contributed by atoms with Crippen LogP contribution in [-0.4, -0.2) is 11.7 Å². The maximum atomic E-state index is 9.12. The molecule has 0 radical (unpaired) electrons. The minimum absolute atomic E-state index is 0.489. The summed E-state index contributed by atoms with van der Waals surface area (Å²) in [6.07, 6.45) is 0. The zero-order valence-electron chi connectivity index (χ0n) is 10.5. The summed E-state index contributed by atoms with van der Waals surface area (Å²) >= 11 is 0. The van der Waals surface area contributed by atoms with E-state index in [0.717, 1.165) is 5.56 Å². The molecule has 1 aromatic heterocycles. The molecule has 18 heavy (non-hydrogen) atoms. The second-order valence-electron chi connectivity index (χ2n) is 4.12. The van der Waals surface area contributed by atoms with Gasteiger partial charge in [0.1, 0.15) is 11.8 Å². The highest BCUT2D eigenvalue weighted by atomic mass is 16.5. The van der Waals surface area contributed by atoms with Crippen molar-refractivity contribution in [3.05, 3.63) is 47.2 Å². The van der Waals surface area contributed by atoms with Crippen LogP contribution in [0, 0.1) is 18.3 Å². The highest BCUT2D eigenvalue weighted by molar-refractivity contribution is 5.55. The number of aryl methyl sites for hydroxylation is 1. The van der Waals surface area contributed by atoms with Crippen molar-refractivity contribution < 1.29 is 4.74 Å². The van der Waals surface area contributed by atoms with Crippen LogP contribution in [0.5, 0.6) is 5.88 Å². The number of nitriles is 1. The highest BCUT2D eigenvalue weighted by Crippen LogP contribution is 2.27. The van der Waals surface area contributed by atoms with E-state index in [4.69, 9.17) is 15.7 Å². The van der Waals surface area contributed by atoms with Gasteiger partial charge in [-0.2, -0.15) is 5.26 Å². The van der Waals surface area contributed by atoms with Gasteiger partial charge in [0.2, 0.25) is 5.88 Å². The van der Waals surface area contributed by atoms with Crippen LogP contribution < -0.4 is 10.5 Å². The van der Waals surface area contributed by atoms with Gasteiger partial charge in [0.15, 0.2) is 0 Å². The first-order chi connectivity index (χ1) is 8.67. The Kier molecular flexibility index (Phi) is 3.24. The molecule has 0 amide bonds. The molecule has 0 saturated heterocycles. The SMILES string of the molecule is COc1c(N)cc(C#N)n1Cc1ccccc1C. The summed E-state index contributed by atoms with van der Waals surface area (Å²) < 4.78 is 7.05. The molecular weight excluding hydrogens is 226 g/mol. The molecule has 4 nitrogen and oxygen atoms in total. The van der Waals surface area contributed by atoms with Crippen LogP contribution in [0.1, 0.15) is 16.8 Å². The average molecular weight is 241 g/mol. The molecule has 2 aromatic rings. The van der Waals surface area contributed by atoms with Gasteiger partial charge in [-0.15, -0.1) is 0 Å². The lowest BCUT2D eigenvalue weighted by molar-refractivity contribution is 0.378. The number of hydrogen-bond donors (Lipinski definition) is 1. The van der Waals surface area contributed by atoms with Crippen LogP contribution in [-0.2, 0) is 6.54 Å². The molecule has 0 aliphatic heterocycles. The van der Waals surface area contributed by atoms with Gasteiger partial charge < -0.3 is 10.5 Å². The maximum absolute atomic E-state index is 9.12. The lowest BCUT2D eigenvalue weighted by Gasteiger charge is -2.11. The molecule has 0 fully saturated rings. The minimum Gasteiger partial charge on any atom is -0.481 e. The fraction of sp³-hybridized carbons (Fsp3) is 0.214. The molecular formula is C14H15N3O. The second-order valence-corrected chi connectivity index (χ2v) is 4.12. The zero-order chi connectivity index (χ0) is 13.1. The topological polar surface area (TPSA) is 64.0 Å². The predicted molar refractivity (Wildman–Crippen MR) is 70.4 cm³/mol. The van der Waals surface area contributed by atoms with E-state index in [2.05, 4.69) is 6.07 Å². The number of aromatic nitrogens is 1. The number of methoxy groups -OCH3 is 1. The number of nitrogens with zero attached hydrogens (tertiary/aromatic N) is 2. The summed E-state index contributed by atoms with van der Waals surface area (Å²) in [6, 6.07) is 11.8. The minimum atomic E-state index is 0.489. The summed E-state index contributed by atoms with van der Waals surface area (Å²) in [5.41, 5.74) is 9.14. The second kappa shape index (κ2) is 4.84. The molecule has 0 saturated carbocycles. The number of rotatable bonds is 3. The molecule has 0 bridgehead atoms. The normalized spacial score (nSPS) is 10.1. The van der Waals surface area contributed by atoms with Crippen LogP contribution in [0.25, 0.3) is 0 Å². The Hall–Kier alpha value is -2.41. The molecule has 92 valence electrons. The summed E-state index contributed by atoms with van der Waals surface area (Å²) in [5.74, 6) is 0.537. The van der Waals surface area contributed by atoms with E-state index in [1.807, 2.05) is 31.2 Å². The first-order valence-corrected chi connectivity index (χ1v) is 5.65. The van der Waals surface area contributed by atoms with Gasteiger partial charge >= 0.3 is 0 Å². The van der Waals surface area contributed by atoms with E-state index in [9.17, 15) is 0 Å². The van der Waals surface area contributed by atoms with Gasteiger partial charge in [0.05, 0.1) is 19.3 Å². The van der Waals surface area contributed by atoms with Crippen molar-refractivity contribution in [2.45, 2.75) is 13.5 Å². The van der Waals surface area contributed by atoms with Gasteiger partial charge in [-0.05, 0) is 18.1 Å². The molecule has 0 atom stereocenters. The van der Waals surface area contributed by atoms with Crippen LogP contribution in [0.15, 0.2) is 30.3 Å². The standard InChI is InChI=1S/C14H15N3O/c1-10-5-3-4-6-11(10)9-17-12(8-15)7-13(16)14(17)18-2/h3-7H,9,16H2,1-2H3. The molecule has 1 aromatic carbocycles. The van der Waals surface area contributed by atoms with Crippen molar-refractivity contribution >= 4 is 5.69 Å². The quantitative estimate of drug-likeness (QED) is 0.896. The Bertz CT molecular complexity index is 608. The summed E-state index contributed by atoms with van der Waals surface area (Å²) in [4.78, 5) is 0. The van der Waals surface area contributed by atoms with Crippen LogP contribution in [0.4, 0.5) is 5.69 Å². The van der Waals surface area contributed by atoms with Gasteiger partial charge in [-0.3, -0.25) is 4.57 Å². The molecule has 0 aliphatic carbocycles. The predicted octanol–water partition coefficient (Wildman–Crippen LogP) is 2.31. The number of ether oxygens (including phenoxy) is 1. The summed E-state index contributed by atoms with van der Waals surface area (Å²) in [6.45, 7) is 2.62. The van der Waals surface area contributed by atoms with Crippen molar-refractivity contribution in [1.82, 2.24) is 4.57 Å². The molecule has 0 spiro atoms. The first kappa shape index (κ1) is 12.1.